The molecule has 0 aliphatic heterocycles. The van der Waals surface area contributed by atoms with Gasteiger partial charge in [0.05, 0.1) is 18.4 Å². The van der Waals surface area contributed by atoms with Crippen molar-refractivity contribution in [2.75, 3.05) is 5.32 Å². The van der Waals surface area contributed by atoms with E-state index in [-0.39, 0.29) is 18.3 Å². The number of hydrogen-bond donors (Lipinski definition) is 1. The van der Waals surface area contributed by atoms with Crippen LogP contribution in [0.5, 0.6) is 5.75 Å². The minimum absolute atomic E-state index is 0.223. The molecule has 158 valence electrons. The van der Waals surface area contributed by atoms with Crippen molar-refractivity contribution in [3.8, 4) is 5.75 Å². The maximum atomic E-state index is 12.5. The Bertz CT molecular complexity index is 1150. The molecule has 0 spiro atoms. The fourth-order valence-electron chi connectivity index (χ4n) is 3.04. The number of halogens is 1. The average molecular weight is 480 g/mol. The molecule has 2 aromatic carbocycles. The first-order chi connectivity index (χ1) is 15.1. The Hall–Kier alpha value is -3.32. The van der Waals surface area contributed by atoms with E-state index in [4.69, 9.17) is 9.15 Å². The Morgan fingerprint density at radius 3 is 2.55 bits per heavy atom. The summed E-state index contributed by atoms with van der Waals surface area (Å²) in [5.74, 6) is 1.23. The number of rotatable bonds is 8. The fourth-order valence-corrected chi connectivity index (χ4v) is 3.30. The lowest BCUT2D eigenvalue weighted by Crippen LogP contribution is -2.10. The topological polar surface area (TPSA) is 69.3 Å². The van der Waals surface area contributed by atoms with Crippen molar-refractivity contribution < 1.29 is 13.9 Å². The molecule has 31 heavy (non-hydrogen) atoms. The lowest BCUT2D eigenvalue weighted by Gasteiger charge is -2.05. The molecule has 4 rings (SSSR count). The van der Waals surface area contributed by atoms with Crippen LogP contribution in [0.4, 0.5) is 5.69 Å². The number of aromatic nitrogens is 2. The van der Waals surface area contributed by atoms with E-state index < -0.39 is 0 Å². The lowest BCUT2D eigenvalue weighted by atomic mass is 10.2. The summed E-state index contributed by atoms with van der Waals surface area (Å²) in [6.45, 7) is 2.98. The number of ether oxygens (including phenoxy) is 1. The Balaban J connectivity index is 1.31. The van der Waals surface area contributed by atoms with Gasteiger partial charge in [-0.25, -0.2) is 0 Å². The predicted molar refractivity (Wildman–Crippen MR) is 122 cm³/mol. The third kappa shape index (κ3) is 5.64. The molecule has 1 N–H and O–H groups in total. The molecule has 0 aliphatic carbocycles. The summed E-state index contributed by atoms with van der Waals surface area (Å²) < 4.78 is 14.2. The van der Waals surface area contributed by atoms with Gasteiger partial charge in [-0.2, -0.15) is 5.10 Å². The molecule has 0 saturated heterocycles. The van der Waals surface area contributed by atoms with Gasteiger partial charge < -0.3 is 14.5 Å². The van der Waals surface area contributed by atoms with Gasteiger partial charge in [0, 0.05) is 10.7 Å². The quantitative estimate of drug-likeness (QED) is 0.352. The molecule has 2 heterocycles. The summed E-state index contributed by atoms with van der Waals surface area (Å²) in [5, 5.41) is 7.11. The second kappa shape index (κ2) is 9.66. The zero-order chi connectivity index (χ0) is 21.6. The van der Waals surface area contributed by atoms with E-state index in [0.717, 1.165) is 22.2 Å². The molecule has 0 radical (unpaired) electrons. The summed E-state index contributed by atoms with van der Waals surface area (Å²) in [5.41, 5.74) is 2.97. The maximum Gasteiger partial charge on any atom is 0.291 e. The summed E-state index contributed by atoms with van der Waals surface area (Å²) >= 11 is 3.43. The number of amides is 1. The van der Waals surface area contributed by atoms with Gasteiger partial charge in [-0.05, 0) is 53.9 Å². The van der Waals surface area contributed by atoms with Crippen LogP contribution >= 0.6 is 15.9 Å². The molecule has 0 saturated carbocycles. The van der Waals surface area contributed by atoms with Crippen LogP contribution in [-0.2, 0) is 19.6 Å². The van der Waals surface area contributed by atoms with Gasteiger partial charge in [0.15, 0.2) is 5.76 Å². The molecule has 7 heteroatoms. The van der Waals surface area contributed by atoms with Gasteiger partial charge in [-0.1, -0.05) is 47.1 Å². The zero-order valence-electron chi connectivity index (χ0n) is 17.0. The minimum Gasteiger partial charge on any atom is -0.486 e. The molecule has 0 fully saturated rings. The first-order valence-electron chi connectivity index (χ1n) is 9.98. The number of anilines is 1. The van der Waals surface area contributed by atoms with E-state index in [0.29, 0.717) is 18.0 Å². The first-order valence-corrected chi connectivity index (χ1v) is 10.8. The predicted octanol–water partition coefficient (Wildman–Crippen LogP) is 5.68. The van der Waals surface area contributed by atoms with Crippen LogP contribution in [0.25, 0.3) is 0 Å². The molecule has 4 aromatic rings. The lowest BCUT2D eigenvalue weighted by molar-refractivity contribution is 0.0992. The highest BCUT2D eigenvalue weighted by atomic mass is 79.9. The van der Waals surface area contributed by atoms with Gasteiger partial charge in [0.25, 0.3) is 5.91 Å². The van der Waals surface area contributed by atoms with Crippen molar-refractivity contribution in [2.24, 2.45) is 0 Å². The highest BCUT2D eigenvalue weighted by molar-refractivity contribution is 9.10. The Kier molecular flexibility index (Phi) is 6.52. The summed E-state index contributed by atoms with van der Waals surface area (Å²) in [6, 6.07) is 19.3. The van der Waals surface area contributed by atoms with E-state index in [1.54, 1.807) is 29.2 Å². The van der Waals surface area contributed by atoms with Gasteiger partial charge in [-0.15, -0.1) is 0 Å². The van der Waals surface area contributed by atoms with Crippen molar-refractivity contribution in [3.05, 3.63) is 100 Å². The van der Waals surface area contributed by atoms with Crippen LogP contribution in [0, 0.1) is 0 Å². The van der Waals surface area contributed by atoms with Crippen LogP contribution < -0.4 is 10.1 Å². The normalized spacial score (nSPS) is 10.8. The highest BCUT2D eigenvalue weighted by Gasteiger charge is 2.13. The standard InChI is InChI=1S/C24H22BrN3O3/c1-2-17-5-9-21(10-6-17)30-16-22-11-12-23(31-22)24(29)27-20-13-26-28(15-20)14-18-3-7-19(25)8-4-18/h3-13,15H,2,14,16H2,1H3,(H,27,29). The second-order valence-electron chi connectivity index (χ2n) is 7.06. The summed E-state index contributed by atoms with van der Waals surface area (Å²) in [6.07, 6.45) is 4.39. The molecule has 1 amide bonds. The largest absolute Gasteiger partial charge is 0.486 e. The number of benzene rings is 2. The SMILES string of the molecule is CCc1ccc(OCc2ccc(C(=O)Nc3cnn(Cc4ccc(Br)cc4)c3)o2)cc1. The van der Waals surface area contributed by atoms with Crippen LogP contribution in [0.3, 0.4) is 0 Å². The second-order valence-corrected chi connectivity index (χ2v) is 7.97. The number of aryl methyl sites for hydroxylation is 1. The van der Waals surface area contributed by atoms with Crippen molar-refractivity contribution in [1.29, 1.82) is 0 Å². The molecule has 6 nitrogen and oxygen atoms in total. The number of nitrogens with one attached hydrogen (secondary N) is 1. The van der Waals surface area contributed by atoms with E-state index in [9.17, 15) is 4.79 Å². The van der Waals surface area contributed by atoms with Crippen molar-refractivity contribution in [3.63, 3.8) is 0 Å². The Labute approximate surface area is 189 Å². The van der Waals surface area contributed by atoms with Gasteiger partial charge in [0.2, 0.25) is 0 Å². The number of carbonyl (C=O) groups is 1. The number of carbonyl (C=O) groups excluding carboxylic acids is 1. The van der Waals surface area contributed by atoms with Gasteiger partial charge in [-0.3, -0.25) is 9.48 Å². The molecule has 0 bridgehead atoms. The van der Waals surface area contributed by atoms with Crippen molar-refractivity contribution in [2.45, 2.75) is 26.5 Å². The Morgan fingerprint density at radius 2 is 1.81 bits per heavy atom. The molecule has 0 atom stereocenters. The first kappa shape index (κ1) is 20.9. The molecule has 2 aromatic heterocycles. The minimum atomic E-state index is -0.332. The molecule has 0 aliphatic rings. The monoisotopic (exact) mass is 479 g/mol. The number of hydrogen-bond acceptors (Lipinski definition) is 4. The van der Waals surface area contributed by atoms with E-state index in [1.807, 2.05) is 48.5 Å². The van der Waals surface area contributed by atoms with Crippen molar-refractivity contribution in [1.82, 2.24) is 9.78 Å². The molecular weight excluding hydrogens is 458 g/mol. The van der Waals surface area contributed by atoms with E-state index >= 15 is 0 Å². The van der Waals surface area contributed by atoms with Crippen molar-refractivity contribution >= 4 is 27.5 Å². The van der Waals surface area contributed by atoms with E-state index in [2.05, 4.69) is 33.3 Å². The highest BCUT2D eigenvalue weighted by Crippen LogP contribution is 2.17. The maximum absolute atomic E-state index is 12.5. The van der Waals surface area contributed by atoms with Crippen LogP contribution in [0.1, 0.15) is 34.4 Å². The third-order valence-electron chi connectivity index (χ3n) is 4.75. The number of furan rings is 1. The fraction of sp³-hybridized carbons (Fsp3) is 0.167. The Morgan fingerprint density at radius 1 is 1.06 bits per heavy atom. The molecule has 0 unspecified atom stereocenters. The van der Waals surface area contributed by atoms with Gasteiger partial charge in [0.1, 0.15) is 18.1 Å². The van der Waals surface area contributed by atoms with E-state index in [1.165, 1.54) is 5.56 Å². The van der Waals surface area contributed by atoms with Crippen LogP contribution in [0.15, 0.2) is 81.9 Å². The van der Waals surface area contributed by atoms with Gasteiger partial charge >= 0.3 is 0 Å². The zero-order valence-corrected chi connectivity index (χ0v) is 18.6. The smallest absolute Gasteiger partial charge is 0.291 e. The van der Waals surface area contributed by atoms with Crippen LogP contribution in [-0.4, -0.2) is 15.7 Å². The summed E-state index contributed by atoms with van der Waals surface area (Å²) in [7, 11) is 0. The average Bonchev–Trinajstić information content (AvgIpc) is 3.44. The third-order valence-corrected chi connectivity index (χ3v) is 5.28. The number of nitrogens with zero attached hydrogens (tertiary/aromatic N) is 2. The van der Waals surface area contributed by atoms with Crippen LogP contribution in [0.2, 0.25) is 0 Å². The molecular formula is C24H22BrN3O3. The summed E-state index contributed by atoms with van der Waals surface area (Å²) in [4.78, 5) is 12.5.